The summed E-state index contributed by atoms with van der Waals surface area (Å²) in [4.78, 5) is 40.2. The van der Waals surface area contributed by atoms with Crippen LogP contribution in [0.15, 0.2) is 18.2 Å². The molecule has 186 valence electrons. The van der Waals surface area contributed by atoms with Gasteiger partial charge in [-0.05, 0) is 39.3 Å². The number of ether oxygens (including phenoxy) is 2. The topological polar surface area (TPSA) is 143 Å². The number of benzene rings is 1. The van der Waals surface area contributed by atoms with Gasteiger partial charge in [-0.25, -0.2) is 18.7 Å². The Hall–Kier alpha value is -2.86. The summed E-state index contributed by atoms with van der Waals surface area (Å²) in [6, 6.07) is 4.64. The van der Waals surface area contributed by atoms with Crippen LogP contribution >= 0.6 is 0 Å². The molecule has 0 radical (unpaired) electrons. The molecule has 1 spiro atoms. The second-order valence-electron chi connectivity index (χ2n) is 10.1. The summed E-state index contributed by atoms with van der Waals surface area (Å²) in [5.74, 6) is -1.48. The van der Waals surface area contributed by atoms with Crippen molar-refractivity contribution in [3.63, 3.8) is 0 Å². The average Bonchev–Trinajstić information content (AvgIpc) is 2.87. The Morgan fingerprint density at radius 1 is 1.21 bits per heavy atom. The van der Waals surface area contributed by atoms with Gasteiger partial charge >= 0.3 is 6.09 Å². The molecule has 1 atom stereocenters. The van der Waals surface area contributed by atoms with Gasteiger partial charge < -0.3 is 19.3 Å². The summed E-state index contributed by atoms with van der Waals surface area (Å²) in [7, 11) is -3.58. The Labute approximate surface area is 197 Å². The number of nitrogens with zero attached hydrogens (tertiary/aromatic N) is 2. The first-order chi connectivity index (χ1) is 15.8. The van der Waals surface area contributed by atoms with E-state index in [1.807, 2.05) is 0 Å². The lowest BCUT2D eigenvalue weighted by Gasteiger charge is -2.46. The van der Waals surface area contributed by atoms with Crippen molar-refractivity contribution in [3.05, 3.63) is 29.3 Å². The predicted molar refractivity (Wildman–Crippen MR) is 119 cm³/mol. The minimum Gasteiger partial charge on any atom is -0.491 e. The molecular formula is C22H29N3O8S. The maximum absolute atomic E-state index is 13.3. The van der Waals surface area contributed by atoms with Gasteiger partial charge in [-0.2, -0.15) is 0 Å². The molecule has 0 saturated carbocycles. The van der Waals surface area contributed by atoms with E-state index < -0.39 is 38.1 Å². The highest BCUT2D eigenvalue weighted by molar-refractivity contribution is 7.93. The molecule has 3 amide bonds. The molecule has 0 aromatic heterocycles. The number of fused-ring (bicyclic) bond motifs is 1. The van der Waals surface area contributed by atoms with Crippen LogP contribution in [0.5, 0.6) is 5.75 Å². The van der Waals surface area contributed by atoms with E-state index in [9.17, 15) is 22.8 Å². The van der Waals surface area contributed by atoms with E-state index in [2.05, 4.69) is 0 Å². The molecule has 2 N–H and O–H groups in total. The zero-order chi connectivity index (χ0) is 24.9. The van der Waals surface area contributed by atoms with Crippen LogP contribution in [0, 0.1) is 5.92 Å². The monoisotopic (exact) mass is 495 g/mol. The zero-order valence-electron chi connectivity index (χ0n) is 19.4. The molecule has 0 aliphatic carbocycles. The molecule has 4 rings (SSSR count). The molecule has 0 bridgehead atoms. The predicted octanol–water partition coefficient (Wildman–Crippen LogP) is 0.951. The minimum atomic E-state index is -3.58. The molecule has 3 aliphatic rings. The van der Waals surface area contributed by atoms with Gasteiger partial charge in [-0.3, -0.25) is 14.8 Å². The van der Waals surface area contributed by atoms with E-state index in [4.69, 9.17) is 14.7 Å². The number of hydrogen-bond donors (Lipinski definition) is 2. The van der Waals surface area contributed by atoms with E-state index in [1.165, 1.54) is 17.0 Å². The van der Waals surface area contributed by atoms with Crippen LogP contribution in [-0.4, -0.2) is 83.7 Å². The SMILES string of the molecule is CC(C)(C)OC(=O)N1CC2(CC(C(=O)N3CCOc4cc(C(=O)NO)ccc4C3)CS2(=O)=O)C1. The Bertz CT molecular complexity index is 1120. The van der Waals surface area contributed by atoms with E-state index in [1.54, 1.807) is 37.2 Å². The zero-order valence-corrected chi connectivity index (χ0v) is 20.2. The molecular weight excluding hydrogens is 466 g/mol. The minimum absolute atomic E-state index is 0.0235. The third-order valence-electron chi connectivity index (χ3n) is 6.38. The van der Waals surface area contributed by atoms with E-state index in [0.29, 0.717) is 11.3 Å². The molecule has 3 aliphatic heterocycles. The van der Waals surface area contributed by atoms with Gasteiger partial charge in [0.25, 0.3) is 5.91 Å². The third-order valence-corrected chi connectivity index (χ3v) is 8.97. The van der Waals surface area contributed by atoms with Gasteiger partial charge in [0.1, 0.15) is 22.7 Å². The maximum atomic E-state index is 13.3. The van der Waals surface area contributed by atoms with Gasteiger partial charge in [0, 0.05) is 30.8 Å². The number of sulfone groups is 1. The van der Waals surface area contributed by atoms with Crippen molar-refractivity contribution in [1.29, 1.82) is 0 Å². The normalized spacial score (nSPS) is 22.8. The van der Waals surface area contributed by atoms with Crippen LogP contribution in [0.3, 0.4) is 0 Å². The lowest BCUT2D eigenvalue weighted by Crippen LogP contribution is -2.66. The molecule has 2 saturated heterocycles. The molecule has 3 heterocycles. The van der Waals surface area contributed by atoms with Crippen LogP contribution in [0.2, 0.25) is 0 Å². The first-order valence-corrected chi connectivity index (χ1v) is 12.7. The fraction of sp³-hybridized carbons (Fsp3) is 0.591. The highest BCUT2D eigenvalue weighted by Crippen LogP contribution is 2.44. The van der Waals surface area contributed by atoms with Crippen molar-refractivity contribution < 1.29 is 37.5 Å². The lowest BCUT2D eigenvalue weighted by atomic mass is 9.88. The summed E-state index contributed by atoms with van der Waals surface area (Å²) < 4.78 is 35.9. The van der Waals surface area contributed by atoms with Gasteiger partial charge in [0.05, 0.1) is 18.2 Å². The molecule has 1 aromatic rings. The van der Waals surface area contributed by atoms with Gasteiger partial charge in [0.15, 0.2) is 9.84 Å². The van der Waals surface area contributed by atoms with Gasteiger partial charge in [-0.15, -0.1) is 0 Å². The Kier molecular flexibility index (Phi) is 6.01. The third kappa shape index (κ3) is 4.43. The highest BCUT2D eigenvalue weighted by atomic mass is 32.2. The lowest BCUT2D eigenvalue weighted by molar-refractivity contribution is -0.136. The number of hydrogen-bond acceptors (Lipinski definition) is 8. The van der Waals surface area contributed by atoms with Crippen LogP contribution in [0.4, 0.5) is 4.79 Å². The van der Waals surface area contributed by atoms with E-state index >= 15 is 0 Å². The van der Waals surface area contributed by atoms with Crippen molar-refractivity contribution in [2.24, 2.45) is 5.92 Å². The summed E-state index contributed by atoms with van der Waals surface area (Å²) >= 11 is 0. The molecule has 11 nitrogen and oxygen atoms in total. The summed E-state index contributed by atoms with van der Waals surface area (Å²) in [6.07, 6.45) is -0.397. The van der Waals surface area contributed by atoms with E-state index in [-0.39, 0.29) is 56.4 Å². The maximum Gasteiger partial charge on any atom is 0.410 e. The highest BCUT2D eigenvalue weighted by Gasteiger charge is 2.62. The molecule has 34 heavy (non-hydrogen) atoms. The molecule has 12 heteroatoms. The van der Waals surface area contributed by atoms with Gasteiger partial charge in [0.2, 0.25) is 5.91 Å². The van der Waals surface area contributed by atoms with E-state index in [0.717, 1.165) is 0 Å². The van der Waals surface area contributed by atoms with Crippen LogP contribution in [0.25, 0.3) is 0 Å². The van der Waals surface area contributed by atoms with Crippen molar-refractivity contribution in [2.75, 3.05) is 32.0 Å². The van der Waals surface area contributed by atoms with Crippen LogP contribution < -0.4 is 10.2 Å². The van der Waals surface area contributed by atoms with Crippen LogP contribution in [-0.2, 0) is 25.9 Å². The molecule has 2 fully saturated rings. The number of nitrogens with one attached hydrogen (secondary N) is 1. The number of carbonyl (C=O) groups excluding carboxylic acids is 3. The quantitative estimate of drug-likeness (QED) is 0.456. The number of carbonyl (C=O) groups is 3. The second kappa shape index (κ2) is 8.42. The van der Waals surface area contributed by atoms with Crippen molar-refractivity contribution in [1.82, 2.24) is 15.3 Å². The van der Waals surface area contributed by atoms with Gasteiger partial charge in [-0.1, -0.05) is 6.07 Å². The second-order valence-corrected chi connectivity index (χ2v) is 12.5. The number of rotatable bonds is 2. The number of likely N-dealkylation sites (tertiary alicyclic amines) is 1. The average molecular weight is 496 g/mol. The Morgan fingerprint density at radius 2 is 1.91 bits per heavy atom. The number of amides is 3. The van der Waals surface area contributed by atoms with Crippen molar-refractivity contribution in [3.8, 4) is 5.75 Å². The first kappa shape index (κ1) is 24.3. The summed E-state index contributed by atoms with van der Waals surface area (Å²) in [6.45, 7) is 5.93. The smallest absolute Gasteiger partial charge is 0.410 e. The summed E-state index contributed by atoms with van der Waals surface area (Å²) in [5.41, 5.74) is 1.78. The largest absolute Gasteiger partial charge is 0.491 e. The Morgan fingerprint density at radius 3 is 2.56 bits per heavy atom. The molecule has 1 unspecified atom stereocenters. The fourth-order valence-corrected chi connectivity index (χ4v) is 6.99. The Balaban J connectivity index is 1.44. The molecule has 1 aromatic carbocycles. The van der Waals surface area contributed by atoms with Crippen molar-refractivity contribution >= 4 is 27.7 Å². The fourth-order valence-electron chi connectivity index (χ4n) is 4.69. The summed E-state index contributed by atoms with van der Waals surface area (Å²) in [5, 5.41) is 8.82. The van der Waals surface area contributed by atoms with Crippen LogP contribution in [0.1, 0.15) is 43.1 Å². The standard InChI is InChI=1S/C22H29N3O8S/c1-21(2,3)33-20(28)25-12-22(13-25)9-16(11-34(22,30)31)19(27)24-6-7-32-17-8-14(18(26)23-29)4-5-15(17)10-24/h4-5,8,16,29H,6-7,9-13H2,1-3H3,(H,23,26). The first-order valence-electron chi connectivity index (χ1n) is 11.0. The van der Waals surface area contributed by atoms with Crippen molar-refractivity contribution in [2.45, 2.75) is 44.1 Å². The number of hydroxylamine groups is 1.